The first kappa shape index (κ1) is 19.2. The van der Waals surface area contributed by atoms with Gasteiger partial charge in [-0.05, 0) is 56.5 Å². The minimum atomic E-state index is -0.354. The van der Waals surface area contributed by atoms with E-state index < -0.39 is 0 Å². The van der Waals surface area contributed by atoms with E-state index in [1.807, 2.05) is 19.0 Å². The van der Waals surface area contributed by atoms with E-state index in [1.165, 1.54) is 6.42 Å². The van der Waals surface area contributed by atoms with Crippen LogP contribution in [0.5, 0.6) is 0 Å². The quantitative estimate of drug-likeness (QED) is 0.858. The Morgan fingerprint density at radius 2 is 1.92 bits per heavy atom. The number of hydrogen-bond acceptors (Lipinski definition) is 3. The molecule has 1 aliphatic heterocycles. The van der Waals surface area contributed by atoms with Gasteiger partial charge in [0.25, 0.3) is 5.91 Å². The number of benzene rings is 1. The van der Waals surface area contributed by atoms with Crippen molar-refractivity contribution >= 4 is 23.4 Å². The molecule has 0 spiro atoms. The zero-order chi connectivity index (χ0) is 18.7. The molecule has 1 aliphatic carbocycles. The maximum Gasteiger partial charge on any atom is 0.254 e. The van der Waals surface area contributed by atoms with Crippen molar-refractivity contribution in [2.75, 3.05) is 27.2 Å². The van der Waals surface area contributed by atoms with Gasteiger partial charge in [-0.25, -0.2) is 0 Å². The molecule has 0 aromatic heterocycles. The van der Waals surface area contributed by atoms with Crippen LogP contribution in [0, 0.1) is 5.92 Å². The summed E-state index contributed by atoms with van der Waals surface area (Å²) in [6.45, 7) is 1.39. The highest BCUT2D eigenvalue weighted by molar-refractivity contribution is 6.30. The highest BCUT2D eigenvalue weighted by Gasteiger charge is 2.48. The molecule has 1 saturated carbocycles. The van der Waals surface area contributed by atoms with Gasteiger partial charge in [-0.15, -0.1) is 0 Å². The minimum Gasteiger partial charge on any atom is -0.343 e. The Labute approximate surface area is 160 Å². The SMILES string of the molecule is CNCCN(C)C(=O)C1CC2CCCCC2N1C(=O)c1ccc(Cl)cc1. The van der Waals surface area contributed by atoms with Crippen molar-refractivity contribution in [2.24, 2.45) is 5.92 Å². The summed E-state index contributed by atoms with van der Waals surface area (Å²) in [7, 11) is 3.70. The molecule has 0 bridgehead atoms. The Bertz CT molecular complexity index is 649. The van der Waals surface area contributed by atoms with Gasteiger partial charge >= 0.3 is 0 Å². The van der Waals surface area contributed by atoms with Crippen LogP contribution < -0.4 is 5.32 Å². The highest BCUT2D eigenvalue weighted by atomic mass is 35.5. The topological polar surface area (TPSA) is 52.7 Å². The maximum absolute atomic E-state index is 13.3. The Kier molecular flexibility index (Phi) is 6.20. The van der Waals surface area contributed by atoms with E-state index in [0.29, 0.717) is 23.0 Å². The first-order valence-electron chi connectivity index (χ1n) is 9.50. The number of likely N-dealkylation sites (N-methyl/N-ethyl adjacent to an activating group) is 2. The van der Waals surface area contributed by atoms with Crippen LogP contribution in [0.15, 0.2) is 24.3 Å². The molecule has 2 aliphatic rings. The molecule has 1 N–H and O–H groups in total. The fraction of sp³-hybridized carbons (Fsp3) is 0.600. The van der Waals surface area contributed by atoms with Crippen molar-refractivity contribution in [3.8, 4) is 0 Å². The predicted octanol–water partition coefficient (Wildman–Crippen LogP) is 2.79. The van der Waals surface area contributed by atoms with Crippen LogP contribution in [-0.4, -0.2) is 60.9 Å². The smallest absolute Gasteiger partial charge is 0.254 e. The molecule has 3 atom stereocenters. The van der Waals surface area contributed by atoms with Gasteiger partial charge in [0, 0.05) is 36.8 Å². The third kappa shape index (κ3) is 3.89. The van der Waals surface area contributed by atoms with Crippen LogP contribution in [0.25, 0.3) is 0 Å². The number of hydrogen-bond donors (Lipinski definition) is 1. The highest BCUT2D eigenvalue weighted by Crippen LogP contribution is 2.41. The molecule has 3 unspecified atom stereocenters. The molecule has 142 valence electrons. The van der Waals surface area contributed by atoms with Gasteiger partial charge in [0.2, 0.25) is 5.91 Å². The van der Waals surface area contributed by atoms with Gasteiger partial charge in [-0.3, -0.25) is 9.59 Å². The minimum absolute atomic E-state index is 0.0450. The summed E-state index contributed by atoms with van der Waals surface area (Å²) < 4.78 is 0. The Balaban J connectivity index is 1.85. The molecule has 6 heteroatoms. The maximum atomic E-state index is 13.3. The number of carbonyl (C=O) groups excluding carboxylic acids is 2. The molecule has 1 aromatic rings. The molecule has 2 fully saturated rings. The molecule has 1 aromatic carbocycles. The molecule has 1 saturated heterocycles. The van der Waals surface area contributed by atoms with Gasteiger partial charge in [-0.2, -0.15) is 0 Å². The lowest BCUT2D eigenvalue weighted by molar-refractivity contribution is -0.134. The normalized spacial score (nSPS) is 25.0. The van der Waals surface area contributed by atoms with Crippen molar-refractivity contribution in [3.05, 3.63) is 34.9 Å². The molecule has 2 amide bonds. The number of amides is 2. The molecule has 3 rings (SSSR count). The van der Waals surface area contributed by atoms with Crippen molar-refractivity contribution in [1.82, 2.24) is 15.1 Å². The van der Waals surface area contributed by atoms with Crippen molar-refractivity contribution in [2.45, 2.75) is 44.2 Å². The number of nitrogens with one attached hydrogen (secondary N) is 1. The van der Waals surface area contributed by atoms with E-state index in [-0.39, 0.29) is 23.9 Å². The molecule has 26 heavy (non-hydrogen) atoms. The van der Waals surface area contributed by atoms with Crippen molar-refractivity contribution in [1.29, 1.82) is 0 Å². The number of rotatable bonds is 5. The largest absolute Gasteiger partial charge is 0.343 e. The van der Waals surface area contributed by atoms with Crippen LogP contribution in [0.3, 0.4) is 0 Å². The summed E-state index contributed by atoms with van der Waals surface area (Å²) >= 11 is 5.96. The van der Waals surface area contributed by atoms with Gasteiger partial charge in [0.1, 0.15) is 6.04 Å². The number of fused-ring (bicyclic) bond motifs is 1. The number of halogens is 1. The van der Waals surface area contributed by atoms with Gasteiger partial charge in [0.05, 0.1) is 0 Å². The summed E-state index contributed by atoms with van der Waals surface area (Å²) in [4.78, 5) is 30.0. The van der Waals surface area contributed by atoms with Crippen molar-refractivity contribution in [3.63, 3.8) is 0 Å². The van der Waals surface area contributed by atoms with E-state index in [4.69, 9.17) is 11.6 Å². The van der Waals surface area contributed by atoms with E-state index >= 15 is 0 Å². The second-order valence-electron chi connectivity index (χ2n) is 7.45. The number of likely N-dealkylation sites (tertiary alicyclic amines) is 1. The number of carbonyl (C=O) groups is 2. The Morgan fingerprint density at radius 1 is 1.23 bits per heavy atom. The molecule has 0 radical (unpaired) electrons. The van der Waals surface area contributed by atoms with E-state index in [0.717, 1.165) is 32.2 Å². The Hall–Kier alpha value is -1.59. The van der Waals surface area contributed by atoms with Crippen LogP contribution in [-0.2, 0) is 4.79 Å². The van der Waals surface area contributed by atoms with E-state index in [1.54, 1.807) is 29.2 Å². The third-order valence-electron chi connectivity index (χ3n) is 5.77. The lowest BCUT2D eigenvalue weighted by atomic mass is 9.84. The first-order valence-corrected chi connectivity index (χ1v) is 9.88. The lowest BCUT2D eigenvalue weighted by Crippen LogP contribution is -2.50. The van der Waals surface area contributed by atoms with Crippen LogP contribution >= 0.6 is 11.6 Å². The molecular formula is C20H28ClN3O2. The second-order valence-corrected chi connectivity index (χ2v) is 7.88. The lowest BCUT2D eigenvalue weighted by Gasteiger charge is -2.34. The predicted molar refractivity (Wildman–Crippen MR) is 103 cm³/mol. The zero-order valence-electron chi connectivity index (χ0n) is 15.6. The van der Waals surface area contributed by atoms with Crippen molar-refractivity contribution < 1.29 is 9.59 Å². The summed E-state index contributed by atoms with van der Waals surface area (Å²) in [5.74, 6) is 0.444. The summed E-state index contributed by atoms with van der Waals surface area (Å²) in [6.07, 6.45) is 5.21. The first-order chi connectivity index (χ1) is 12.5. The average molecular weight is 378 g/mol. The molecule has 5 nitrogen and oxygen atoms in total. The third-order valence-corrected chi connectivity index (χ3v) is 6.02. The van der Waals surface area contributed by atoms with Gasteiger partial charge in [0.15, 0.2) is 0 Å². The number of nitrogens with zero attached hydrogens (tertiary/aromatic N) is 2. The average Bonchev–Trinajstić information content (AvgIpc) is 3.05. The van der Waals surface area contributed by atoms with Crippen LogP contribution in [0.2, 0.25) is 5.02 Å². The fourth-order valence-corrected chi connectivity index (χ4v) is 4.48. The zero-order valence-corrected chi connectivity index (χ0v) is 16.3. The monoisotopic (exact) mass is 377 g/mol. The van der Waals surface area contributed by atoms with E-state index in [2.05, 4.69) is 5.32 Å². The standard InChI is InChI=1S/C20H28ClN3O2/c1-22-11-12-23(2)20(26)18-13-15-5-3-4-6-17(15)24(18)19(25)14-7-9-16(21)10-8-14/h7-10,15,17-18,22H,3-6,11-13H2,1-2H3. The van der Waals surface area contributed by atoms with Crippen LogP contribution in [0.1, 0.15) is 42.5 Å². The molecule has 1 heterocycles. The van der Waals surface area contributed by atoms with Gasteiger partial charge in [-0.1, -0.05) is 24.4 Å². The summed E-state index contributed by atoms with van der Waals surface area (Å²) in [5.41, 5.74) is 0.608. The fourth-order valence-electron chi connectivity index (χ4n) is 4.36. The summed E-state index contributed by atoms with van der Waals surface area (Å²) in [5, 5.41) is 3.68. The summed E-state index contributed by atoms with van der Waals surface area (Å²) in [6, 6.07) is 6.81. The Morgan fingerprint density at radius 3 is 2.62 bits per heavy atom. The van der Waals surface area contributed by atoms with E-state index in [9.17, 15) is 9.59 Å². The second kappa shape index (κ2) is 8.40. The van der Waals surface area contributed by atoms with Gasteiger partial charge < -0.3 is 15.1 Å². The van der Waals surface area contributed by atoms with Crippen LogP contribution in [0.4, 0.5) is 0 Å². The molecular weight excluding hydrogens is 350 g/mol.